The van der Waals surface area contributed by atoms with Crippen LogP contribution in [-0.4, -0.2) is 23.6 Å². The molecule has 3 heterocycles. The van der Waals surface area contributed by atoms with Gasteiger partial charge in [-0.1, -0.05) is 23.7 Å². The summed E-state index contributed by atoms with van der Waals surface area (Å²) in [6, 6.07) is 14.5. The summed E-state index contributed by atoms with van der Waals surface area (Å²) >= 11 is 7.99. The molecule has 0 radical (unpaired) electrons. The number of fused-ring (bicyclic) bond motifs is 3. The van der Waals surface area contributed by atoms with E-state index in [0.29, 0.717) is 0 Å². The molecule has 0 bridgehead atoms. The first-order valence-corrected chi connectivity index (χ1v) is 10.5. The first kappa shape index (κ1) is 17.6. The molecule has 1 unspecified atom stereocenters. The highest BCUT2D eigenvalue weighted by Crippen LogP contribution is 2.42. The zero-order valence-corrected chi connectivity index (χ0v) is 17.3. The fourth-order valence-corrected chi connectivity index (χ4v) is 5.10. The Balaban J connectivity index is 1.69. The van der Waals surface area contributed by atoms with Crippen LogP contribution < -0.4 is 9.64 Å². The maximum Gasteiger partial charge on any atom is 0.186 e. The molecule has 0 amide bonds. The van der Waals surface area contributed by atoms with Crippen LogP contribution in [0.15, 0.2) is 47.8 Å². The lowest BCUT2D eigenvalue weighted by molar-refractivity contribution is 0.414. The summed E-state index contributed by atoms with van der Waals surface area (Å²) in [7, 11) is 1.69. The first-order chi connectivity index (χ1) is 13.6. The van der Waals surface area contributed by atoms with E-state index in [9.17, 15) is 0 Å². The lowest BCUT2D eigenvalue weighted by Gasteiger charge is -2.36. The number of hydrogen-bond acceptors (Lipinski definition) is 4. The Morgan fingerprint density at radius 1 is 1.21 bits per heavy atom. The highest BCUT2D eigenvalue weighted by atomic mass is 35.5. The van der Waals surface area contributed by atoms with Gasteiger partial charge in [-0.25, -0.2) is 4.98 Å². The van der Waals surface area contributed by atoms with Gasteiger partial charge in [-0.3, -0.25) is 0 Å². The van der Waals surface area contributed by atoms with Crippen molar-refractivity contribution in [1.29, 1.82) is 0 Å². The lowest BCUT2D eigenvalue weighted by atomic mass is 9.93. The summed E-state index contributed by atoms with van der Waals surface area (Å²) in [6.07, 6.45) is 0.959. The Labute approximate surface area is 172 Å². The van der Waals surface area contributed by atoms with Crippen molar-refractivity contribution in [1.82, 2.24) is 9.97 Å². The minimum absolute atomic E-state index is 0.0754. The number of hydrogen-bond donors (Lipinski definition) is 1. The lowest BCUT2D eigenvalue weighted by Crippen LogP contribution is -2.36. The van der Waals surface area contributed by atoms with E-state index in [1.807, 2.05) is 25.1 Å². The van der Waals surface area contributed by atoms with Crippen LogP contribution in [0.1, 0.15) is 28.6 Å². The summed E-state index contributed by atoms with van der Waals surface area (Å²) in [5.41, 5.74) is 5.98. The third-order valence-corrected chi connectivity index (χ3v) is 6.60. The fraction of sp³-hybridized carbons (Fsp3) is 0.227. The van der Waals surface area contributed by atoms with Crippen LogP contribution in [0.5, 0.6) is 5.75 Å². The van der Waals surface area contributed by atoms with Crippen molar-refractivity contribution in [2.75, 3.05) is 18.6 Å². The minimum Gasteiger partial charge on any atom is -0.497 e. The Hall–Kier alpha value is -2.50. The van der Waals surface area contributed by atoms with E-state index < -0.39 is 0 Å². The van der Waals surface area contributed by atoms with Crippen LogP contribution in [0, 0.1) is 6.92 Å². The van der Waals surface area contributed by atoms with Crippen molar-refractivity contribution in [3.63, 3.8) is 0 Å². The van der Waals surface area contributed by atoms with Gasteiger partial charge in [0.2, 0.25) is 0 Å². The molecule has 28 heavy (non-hydrogen) atoms. The quantitative estimate of drug-likeness (QED) is 0.468. The number of aryl methyl sites for hydroxylation is 1. The van der Waals surface area contributed by atoms with Crippen molar-refractivity contribution in [2.45, 2.75) is 19.4 Å². The number of nitrogens with zero attached hydrogens (tertiary/aromatic N) is 2. The molecule has 6 heteroatoms. The van der Waals surface area contributed by atoms with Crippen LogP contribution in [0.3, 0.4) is 0 Å². The third kappa shape index (κ3) is 2.86. The number of methoxy groups -OCH3 is 1. The van der Waals surface area contributed by atoms with Gasteiger partial charge in [-0.05, 0) is 54.8 Å². The molecule has 5 rings (SSSR count). The predicted octanol–water partition coefficient (Wildman–Crippen LogP) is 5.75. The van der Waals surface area contributed by atoms with Crippen molar-refractivity contribution in [2.24, 2.45) is 0 Å². The number of nitrogens with one attached hydrogen (secondary N) is 1. The molecule has 1 aliphatic heterocycles. The van der Waals surface area contributed by atoms with Gasteiger partial charge in [-0.2, -0.15) is 0 Å². The van der Waals surface area contributed by atoms with E-state index >= 15 is 0 Å². The third-order valence-electron chi connectivity index (χ3n) is 5.37. The van der Waals surface area contributed by atoms with E-state index in [-0.39, 0.29) is 6.04 Å². The van der Waals surface area contributed by atoms with Gasteiger partial charge in [-0.15, -0.1) is 11.3 Å². The van der Waals surface area contributed by atoms with Crippen molar-refractivity contribution < 1.29 is 4.74 Å². The number of H-pyrrole nitrogens is 1. The molecule has 0 aliphatic carbocycles. The second-order valence-electron chi connectivity index (χ2n) is 7.10. The van der Waals surface area contributed by atoms with E-state index in [1.54, 1.807) is 18.4 Å². The number of ether oxygens (including phenoxy) is 1. The fourth-order valence-electron chi connectivity index (χ4n) is 4.07. The van der Waals surface area contributed by atoms with Crippen molar-refractivity contribution in [3.05, 3.63) is 75.4 Å². The van der Waals surface area contributed by atoms with Gasteiger partial charge in [0.1, 0.15) is 5.75 Å². The molecule has 2 aromatic heterocycles. The second-order valence-corrected chi connectivity index (χ2v) is 8.37. The highest BCUT2D eigenvalue weighted by Gasteiger charge is 2.33. The number of anilines is 1. The molecule has 4 nitrogen and oxygen atoms in total. The number of aromatic nitrogens is 2. The second kappa shape index (κ2) is 6.83. The normalized spacial score (nSPS) is 16.4. The summed E-state index contributed by atoms with van der Waals surface area (Å²) in [6.45, 7) is 2.96. The van der Waals surface area contributed by atoms with Crippen LogP contribution >= 0.6 is 22.9 Å². The van der Waals surface area contributed by atoms with Crippen LogP contribution in [0.2, 0.25) is 5.02 Å². The van der Waals surface area contributed by atoms with Gasteiger partial charge >= 0.3 is 0 Å². The van der Waals surface area contributed by atoms with Gasteiger partial charge in [0.05, 0.1) is 18.8 Å². The summed E-state index contributed by atoms with van der Waals surface area (Å²) in [4.78, 5) is 10.8. The number of aromatic amines is 1. The smallest absolute Gasteiger partial charge is 0.186 e. The molecule has 4 aromatic rings. The van der Waals surface area contributed by atoms with Crippen LogP contribution in [0.25, 0.3) is 10.9 Å². The molecule has 2 aromatic carbocycles. The molecule has 0 fully saturated rings. The maximum atomic E-state index is 6.29. The summed E-state index contributed by atoms with van der Waals surface area (Å²) in [5, 5.41) is 5.16. The molecule has 142 valence electrons. The monoisotopic (exact) mass is 409 g/mol. The number of benzene rings is 2. The van der Waals surface area contributed by atoms with Crippen LogP contribution in [0.4, 0.5) is 5.13 Å². The molecule has 1 N–H and O–H groups in total. The van der Waals surface area contributed by atoms with Crippen molar-refractivity contribution in [3.8, 4) is 5.75 Å². The average molecular weight is 410 g/mol. The Bertz CT molecular complexity index is 1150. The van der Waals surface area contributed by atoms with Crippen molar-refractivity contribution >= 4 is 39.0 Å². The van der Waals surface area contributed by atoms with Gasteiger partial charge < -0.3 is 14.6 Å². The zero-order chi connectivity index (χ0) is 19.3. The highest BCUT2D eigenvalue weighted by molar-refractivity contribution is 7.13. The number of halogens is 1. The molecule has 1 aliphatic rings. The average Bonchev–Trinajstić information content (AvgIpc) is 3.30. The maximum absolute atomic E-state index is 6.29. The van der Waals surface area contributed by atoms with E-state index in [4.69, 9.17) is 21.3 Å². The molecule has 1 atom stereocenters. The summed E-state index contributed by atoms with van der Waals surface area (Å²) in [5.74, 6) is 0.861. The van der Waals surface area contributed by atoms with Crippen LogP contribution in [-0.2, 0) is 6.42 Å². The topological polar surface area (TPSA) is 41.1 Å². The number of rotatable bonds is 3. The summed E-state index contributed by atoms with van der Waals surface area (Å²) < 4.78 is 5.36. The Morgan fingerprint density at radius 2 is 2.04 bits per heavy atom. The molecule has 0 spiro atoms. The zero-order valence-electron chi connectivity index (χ0n) is 15.7. The van der Waals surface area contributed by atoms with Gasteiger partial charge in [0, 0.05) is 33.5 Å². The molecular weight excluding hydrogens is 390 g/mol. The number of thiazole rings is 1. The SMILES string of the molecule is COc1ccc(C2c3[nH]c4ccc(Cl)cc4c3CCN2c2nc(C)cs2)cc1. The molecular formula is C22H20ClN3OS. The predicted molar refractivity (Wildman–Crippen MR) is 116 cm³/mol. The van der Waals surface area contributed by atoms with Gasteiger partial charge in [0.25, 0.3) is 0 Å². The minimum atomic E-state index is 0.0754. The largest absolute Gasteiger partial charge is 0.497 e. The van der Waals surface area contributed by atoms with E-state index in [1.165, 1.54) is 22.2 Å². The molecule has 0 saturated heterocycles. The van der Waals surface area contributed by atoms with Gasteiger partial charge in [0.15, 0.2) is 5.13 Å². The van der Waals surface area contributed by atoms with E-state index in [0.717, 1.165) is 40.1 Å². The Morgan fingerprint density at radius 3 is 2.75 bits per heavy atom. The molecule has 0 saturated carbocycles. The van der Waals surface area contributed by atoms with E-state index in [2.05, 4.69) is 39.5 Å². The standard InChI is InChI=1S/C22H20ClN3OS/c1-13-12-28-22(24-13)26-10-9-17-18-11-15(23)5-8-19(18)25-20(17)21(26)14-3-6-16(27-2)7-4-14/h3-8,11-12,21,25H,9-10H2,1-2H3. The Kier molecular flexibility index (Phi) is 4.29. The first-order valence-electron chi connectivity index (χ1n) is 9.27.